The highest BCUT2D eigenvalue weighted by atomic mass is 32.2. The third-order valence-corrected chi connectivity index (χ3v) is 3.47. The lowest BCUT2D eigenvalue weighted by Gasteiger charge is -1.97. The lowest BCUT2D eigenvalue weighted by Crippen LogP contribution is -1.86. The minimum atomic E-state index is 0.652. The molecule has 96 valence electrons. The summed E-state index contributed by atoms with van der Waals surface area (Å²) in [6.07, 6.45) is 1.63. The van der Waals surface area contributed by atoms with Gasteiger partial charge in [-0.05, 0) is 36.0 Å². The van der Waals surface area contributed by atoms with E-state index in [4.69, 9.17) is 10.5 Å². The van der Waals surface area contributed by atoms with Gasteiger partial charge in [-0.15, -0.1) is 0 Å². The van der Waals surface area contributed by atoms with Crippen LogP contribution in [0.5, 0.6) is 5.75 Å². The van der Waals surface area contributed by atoms with E-state index in [9.17, 15) is 0 Å². The Bertz CT molecular complexity index is 708. The smallest absolute Gasteiger partial charge is 0.172 e. The van der Waals surface area contributed by atoms with Crippen LogP contribution in [0, 0.1) is 0 Å². The highest BCUT2D eigenvalue weighted by Gasteiger charge is 2.06. The van der Waals surface area contributed by atoms with Crippen molar-refractivity contribution in [2.24, 2.45) is 0 Å². The van der Waals surface area contributed by atoms with E-state index in [0.29, 0.717) is 5.69 Å². The lowest BCUT2D eigenvalue weighted by atomic mass is 10.3. The number of pyridine rings is 1. The Labute approximate surface area is 114 Å². The fourth-order valence-electron chi connectivity index (χ4n) is 1.69. The van der Waals surface area contributed by atoms with E-state index in [1.165, 1.54) is 11.8 Å². The summed E-state index contributed by atoms with van der Waals surface area (Å²) in [5.41, 5.74) is 8.10. The first-order valence-electron chi connectivity index (χ1n) is 5.68. The zero-order valence-corrected chi connectivity index (χ0v) is 11.1. The third-order valence-electron chi connectivity index (χ3n) is 2.63. The molecule has 3 aromatic rings. The summed E-state index contributed by atoms with van der Waals surface area (Å²) in [5.74, 6) is 0.804. The normalized spacial score (nSPS) is 10.8. The lowest BCUT2D eigenvalue weighted by molar-refractivity contribution is 0.415. The van der Waals surface area contributed by atoms with Gasteiger partial charge < -0.3 is 15.5 Å². The molecule has 0 radical (unpaired) electrons. The molecule has 0 spiro atoms. The van der Waals surface area contributed by atoms with Crippen molar-refractivity contribution < 1.29 is 4.74 Å². The zero-order chi connectivity index (χ0) is 13.2. The Kier molecular flexibility index (Phi) is 3.00. The second kappa shape index (κ2) is 4.81. The number of anilines is 1. The van der Waals surface area contributed by atoms with Gasteiger partial charge in [0.25, 0.3) is 0 Å². The van der Waals surface area contributed by atoms with Gasteiger partial charge >= 0.3 is 0 Å². The minimum Gasteiger partial charge on any atom is -0.497 e. The SMILES string of the molecule is COc1ccc2nc(Sc3ccc(N)cn3)[nH]c2c1. The van der Waals surface area contributed by atoms with Gasteiger partial charge in [0.15, 0.2) is 5.16 Å². The zero-order valence-electron chi connectivity index (χ0n) is 10.3. The molecule has 3 N–H and O–H groups in total. The second-order valence-electron chi connectivity index (χ2n) is 3.96. The van der Waals surface area contributed by atoms with Gasteiger partial charge in [0, 0.05) is 6.07 Å². The molecule has 6 heteroatoms. The van der Waals surface area contributed by atoms with Gasteiger partial charge in [0.2, 0.25) is 0 Å². The summed E-state index contributed by atoms with van der Waals surface area (Å²) in [4.78, 5) is 12.0. The number of aromatic nitrogens is 3. The van der Waals surface area contributed by atoms with Crippen molar-refractivity contribution in [1.29, 1.82) is 0 Å². The Morgan fingerprint density at radius 2 is 2.16 bits per heavy atom. The Hall–Kier alpha value is -2.21. The molecule has 0 aliphatic rings. The summed E-state index contributed by atoms with van der Waals surface area (Å²) in [5, 5.41) is 1.64. The number of nitrogens with zero attached hydrogens (tertiary/aromatic N) is 2. The quantitative estimate of drug-likeness (QED) is 0.766. The van der Waals surface area contributed by atoms with Crippen LogP contribution in [-0.2, 0) is 0 Å². The number of H-pyrrole nitrogens is 1. The number of fused-ring (bicyclic) bond motifs is 1. The standard InChI is InChI=1S/C13H12N4OS/c1-18-9-3-4-10-11(6-9)17-13(16-10)19-12-5-2-8(14)7-15-12/h2-7H,14H2,1H3,(H,16,17). The molecule has 2 aromatic heterocycles. The number of nitrogens with two attached hydrogens (primary N) is 1. The van der Waals surface area contributed by atoms with E-state index in [2.05, 4.69) is 15.0 Å². The van der Waals surface area contributed by atoms with E-state index >= 15 is 0 Å². The fourth-order valence-corrected chi connectivity index (χ4v) is 2.44. The highest BCUT2D eigenvalue weighted by molar-refractivity contribution is 7.99. The number of nitrogens with one attached hydrogen (secondary N) is 1. The number of hydrogen-bond acceptors (Lipinski definition) is 5. The van der Waals surface area contributed by atoms with Crippen LogP contribution in [0.1, 0.15) is 0 Å². The van der Waals surface area contributed by atoms with E-state index in [0.717, 1.165) is 27.0 Å². The number of nitrogen functional groups attached to an aromatic ring is 1. The highest BCUT2D eigenvalue weighted by Crippen LogP contribution is 2.27. The predicted octanol–water partition coefficient (Wildman–Crippen LogP) is 2.70. The maximum atomic E-state index is 5.60. The number of rotatable bonds is 3. The summed E-state index contributed by atoms with van der Waals surface area (Å²) in [6, 6.07) is 9.42. The van der Waals surface area contributed by atoms with E-state index in [1.54, 1.807) is 13.3 Å². The molecule has 0 aliphatic heterocycles. The number of ether oxygens (including phenoxy) is 1. The van der Waals surface area contributed by atoms with Crippen LogP contribution < -0.4 is 10.5 Å². The fraction of sp³-hybridized carbons (Fsp3) is 0.0769. The molecule has 0 unspecified atom stereocenters. The monoisotopic (exact) mass is 272 g/mol. The molecule has 2 heterocycles. The van der Waals surface area contributed by atoms with Gasteiger partial charge in [0.05, 0.1) is 30.0 Å². The topological polar surface area (TPSA) is 76.8 Å². The van der Waals surface area contributed by atoms with Crippen LogP contribution in [0.4, 0.5) is 5.69 Å². The van der Waals surface area contributed by atoms with Crippen molar-refractivity contribution in [1.82, 2.24) is 15.0 Å². The number of methoxy groups -OCH3 is 1. The van der Waals surface area contributed by atoms with Crippen molar-refractivity contribution >= 4 is 28.5 Å². The Morgan fingerprint density at radius 3 is 2.89 bits per heavy atom. The molecule has 0 amide bonds. The van der Waals surface area contributed by atoms with Gasteiger partial charge in [-0.1, -0.05) is 0 Å². The third kappa shape index (κ3) is 2.48. The van der Waals surface area contributed by atoms with Gasteiger partial charge in [0.1, 0.15) is 10.8 Å². The Balaban J connectivity index is 1.90. The summed E-state index contributed by atoms with van der Waals surface area (Å²) >= 11 is 1.46. The molecule has 0 aliphatic carbocycles. The minimum absolute atomic E-state index is 0.652. The first-order chi connectivity index (χ1) is 9.24. The average molecular weight is 272 g/mol. The second-order valence-corrected chi connectivity index (χ2v) is 4.97. The summed E-state index contributed by atoms with van der Waals surface area (Å²) < 4.78 is 5.18. The Morgan fingerprint density at radius 1 is 1.26 bits per heavy atom. The van der Waals surface area contributed by atoms with Crippen molar-refractivity contribution in [2.75, 3.05) is 12.8 Å². The van der Waals surface area contributed by atoms with Crippen LogP contribution in [0.3, 0.4) is 0 Å². The van der Waals surface area contributed by atoms with Crippen LogP contribution in [-0.4, -0.2) is 22.1 Å². The maximum absolute atomic E-state index is 5.60. The van der Waals surface area contributed by atoms with E-state index in [-0.39, 0.29) is 0 Å². The van der Waals surface area contributed by atoms with Crippen LogP contribution >= 0.6 is 11.8 Å². The molecule has 3 rings (SSSR count). The number of imidazole rings is 1. The van der Waals surface area contributed by atoms with Gasteiger partial charge in [-0.2, -0.15) is 0 Å². The number of benzene rings is 1. The summed E-state index contributed by atoms with van der Waals surface area (Å²) in [6.45, 7) is 0. The molecule has 0 saturated heterocycles. The van der Waals surface area contributed by atoms with Crippen LogP contribution in [0.15, 0.2) is 46.7 Å². The van der Waals surface area contributed by atoms with Crippen molar-refractivity contribution in [3.63, 3.8) is 0 Å². The molecule has 0 saturated carbocycles. The largest absolute Gasteiger partial charge is 0.497 e. The average Bonchev–Trinajstić information content (AvgIpc) is 2.82. The molecule has 1 aromatic carbocycles. The first-order valence-corrected chi connectivity index (χ1v) is 6.49. The van der Waals surface area contributed by atoms with Gasteiger partial charge in [-0.3, -0.25) is 0 Å². The predicted molar refractivity (Wildman–Crippen MR) is 75.4 cm³/mol. The maximum Gasteiger partial charge on any atom is 0.172 e. The van der Waals surface area contributed by atoms with Crippen molar-refractivity contribution in [3.8, 4) is 5.75 Å². The van der Waals surface area contributed by atoms with Crippen molar-refractivity contribution in [2.45, 2.75) is 10.2 Å². The first kappa shape index (κ1) is 11.9. The van der Waals surface area contributed by atoms with E-state index < -0.39 is 0 Å². The molecular weight excluding hydrogens is 260 g/mol. The molecule has 19 heavy (non-hydrogen) atoms. The number of hydrogen-bond donors (Lipinski definition) is 2. The van der Waals surface area contributed by atoms with Gasteiger partial charge in [-0.25, -0.2) is 9.97 Å². The van der Waals surface area contributed by atoms with Crippen LogP contribution in [0.25, 0.3) is 11.0 Å². The van der Waals surface area contributed by atoms with Crippen LogP contribution in [0.2, 0.25) is 0 Å². The number of aromatic amines is 1. The molecule has 0 fully saturated rings. The molecule has 5 nitrogen and oxygen atoms in total. The summed E-state index contributed by atoms with van der Waals surface area (Å²) in [7, 11) is 1.64. The van der Waals surface area contributed by atoms with E-state index in [1.807, 2.05) is 30.3 Å². The molecular formula is C13H12N4OS. The van der Waals surface area contributed by atoms with Crippen molar-refractivity contribution in [3.05, 3.63) is 36.5 Å². The molecule has 0 bridgehead atoms. The molecule has 0 atom stereocenters.